The van der Waals surface area contributed by atoms with Crippen molar-refractivity contribution in [3.8, 4) is 11.8 Å². The predicted molar refractivity (Wildman–Crippen MR) is 56.7 cm³/mol. The Morgan fingerprint density at radius 1 is 1.21 bits per heavy atom. The lowest BCUT2D eigenvalue weighted by Gasteiger charge is -2.04. The van der Waals surface area contributed by atoms with Crippen LogP contribution in [0.2, 0.25) is 0 Å². The fourth-order valence-electron chi connectivity index (χ4n) is 1.51. The molecule has 1 fully saturated rings. The quantitative estimate of drug-likeness (QED) is 0.616. The molecule has 1 heteroatoms. The summed E-state index contributed by atoms with van der Waals surface area (Å²) in [5, 5.41) is 9.94. The minimum atomic E-state index is -0.761. The topological polar surface area (TPSA) is 20.2 Å². The zero-order chi connectivity index (χ0) is 10.2. The fourth-order valence-corrected chi connectivity index (χ4v) is 1.51. The molecule has 0 amide bonds. The third-order valence-electron chi connectivity index (χ3n) is 2.88. The average Bonchev–Trinajstić information content (AvgIpc) is 2.65. The van der Waals surface area contributed by atoms with E-state index in [0.29, 0.717) is 0 Å². The zero-order valence-electron chi connectivity index (χ0n) is 8.54. The van der Waals surface area contributed by atoms with Gasteiger partial charge in [-0.3, -0.25) is 0 Å². The molecule has 0 saturated heterocycles. The number of hydrogen-bond acceptors (Lipinski definition) is 1. The summed E-state index contributed by atoms with van der Waals surface area (Å²) in [7, 11) is 0. The van der Waals surface area contributed by atoms with E-state index in [1.807, 2.05) is 44.2 Å². The average molecular weight is 186 g/mol. The molecule has 0 spiro atoms. The molecule has 2 rings (SSSR count). The molecule has 14 heavy (non-hydrogen) atoms. The first kappa shape index (κ1) is 9.30. The summed E-state index contributed by atoms with van der Waals surface area (Å²) < 4.78 is 0. The molecule has 0 heterocycles. The van der Waals surface area contributed by atoms with Crippen LogP contribution in [0.4, 0.5) is 0 Å². The second-order valence-corrected chi connectivity index (χ2v) is 4.54. The van der Waals surface area contributed by atoms with E-state index in [9.17, 15) is 5.11 Å². The second-order valence-electron chi connectivity index (χ2n) is 4.54. The van der Waals surface area contributed by atoms with Crippen molar-refractivity contribution >= 4 is 0 Å². The molecule has 1 N–H and O–H groups in total. The molecule has 1 nitrogen and oxygen atoms in total. The van der Waals surface area contributed by atoms with Crippen molar-refractivity contribution in [2.75, 3.05) is 0 Å². The molecule has 72 valence electrons. The largest absolute Gasteiger partial charge is 0.377 e. The molecule has 0 aromatic heterocycles. The van der Waals surface area contributed by atoms with Gasteiger partial charge in [0.2, 0.25) is 0 Å². The van der Waals surface area contributed by atoms with Crippen LogP contribution in [-0.4, -0.2) is 10.7 Å². The Morgan fingerprint density at radius 2 is 1.79 bits per heavy atom. The smallest absolute Gasteiger partial charge is 0.131 e. The Labute approximate surface area is 84.8 Å². The van der Waals surface area contributed by atoms with Crippen LogP contribution < -0.4 is 0 Å². The van der Waals surface area contributed by atoms with Gasteiger partial charge in [-0.25, -0.2) is 0 Å². The van der Waals surface area contributed by atoms with Crippen molar-refractivity contribution in [1.82, 2.24) is 0 Å². The highest BCUT2D eigenvalue weighted by Crippen LogP contribution is 2.55. The van der Waals surface area contributed by atoms with Gasteiger partial charge in [0.25, 0.3) is 0 Å². The first-order chi connectivity index (χ1) is 6.54. The maximum Gasteiger partial charge on any atom is 0.131 e. The molecule has 1 aliphatic rings. The zero-order valence-corrected chi connectivity index (χ0v) is 8.54. The van der Waals surface area contributed by atoms with E-state index in [-0.39, 0.29) is 5.41 Å². The van der Waals surface area contributed by atoms with E-state index in [4.69, 9.17) is 0 Å². The Bertz CT molecular complexity index is 394. The first-order valence-corrected chi connectivity index (χ1v) is 4.84. The summed E-state index contributed by atoms with van der Waals surface area (Å²) in [5.41, 5.74) is 0.168. The van der Waals surface area contributed by atoms with E-state index in [1.54, 1.807) is 0 Å². The van der Waals surface area contributed by atoms with Crippen LogP contribution in [0.3, 0.4) is 0 Å². The van der Waals surface area contributed by atoms with Gasteiger partial charge in [-0.1, -0.05) is 43.9 Å². The standard InChI is InChI=1S/C13H14O/c1-12(2)10-13(12,14)9-8-11-6-4-3-5-7-11/h3-7,14H,10H2,1-2H3. The van der Waals surface area contributed by atoms with Gasteiger partial charge in [-0.15, -0.1) is 0 Å². The van der Waals surface area contributed by atoms with E-state index < -0.39 is 5.60 Å². The minimum Gasteiger partial charge on any atom is -0.377 e. The summed E-state index contributed by atoms with van der Waals surface area (Å²) in [6.45, 7) is 4.07. The molecule has 0 radical (unpaired) electrons. The molecular formula is C13H14O. The van der Waals surface area contributed by atoms with Gasteiger partial charge in [0.05, 0.1) is 0 Å². The SMILES string of the molecule is CC1(C)CC1(O)C#Cc1ccccc1. The van der Waals surface area contributed by atoms with E-state index in [0.717, 1.165) is 12.0 Å². The van der Waals surface area contributed by atoms with Crippen LogP contribution in [0.15, 0.2) is 30.3 Å². The highest BCUT2D eigenvalue weighted by molar-refractivity contribution is 5.40. The molecule has 0 bridgehead atoms. The second kappa shape index (κ2) is 2.87. The van der Waals surface area contributed by atoms with Gasteiger partial charge in [-0.05, 0) is 18.6 Å². The van der Waals surface area contributed by atoms with E-state index >= 15 is 0 Å². The van der Waals surface area contributed by atoms with Gasteiger partial charge in [-0.2, -0.15) is 0 Å². The summed E-state index contributed by atoms with van der Waals surface area (Å²) in [5.74, 6) is 5.95. The molecule has 1 saturated carbocycles. The summed E-state index contributed by atoms with van der Waals surface area (Å²) in [4.78, 5) is 0. The van der Waals surface area contributed by atoms with Crippen LogP contribution >= 0.6 is 0 Å². The van der Waals surface area contributed by atoms with E-state index in [1.165, 1.54) is 0 Å². The van der Waals surface area contributed by atoms with Gasteiger partial charge in [0, 0.05) is 11.0 Å². The molecule has 1 unspecified atom stereocenters. The lowest BCUT2D eigenvalue weighted by atomic mass is 10.1. The molecule has 1 aliphatic carbocycles. The molecular weight excluding hydrogens is 172 g/mol. The maximum atomic E-state index is 9.94. The molecule has 1 aromatic rings. The number of hydrogen-bond donors (Lipinski definition) is 1. The third kappa shape index (κ3) is 1.54. The fraction of sp³-hybridized carbons (Fsp3) is 0.385. The third-order valence-corrected chi connectivity index (χ3v) is 2.88. The predicted octanol–water partition coefficient (Wildman–Crippen LogP) is 2.20. The van der Waals surface area contributed by atoms with Gasteiger partial charge < -0.3 is 5.11 Å². The van der Waals surface area contributed by atoms with Crippen LogP contribution in [0.1, 0.15) is 25.8 Å². The van der Waals surface area contributed by atoms with Crippen molar-refractivity contribution in [1.29, 1.82) is 0 Å². The van der Waals surface area contributed by atoms with Crippen molar-refractivity contribution in [2.45, 2.75) is 25.9 Å². The molecule has 1 atom stereocenters. The van der Waals surface area contributed by atoms with Gasteiger partial charge in [0.1, 0.15) is 5.60 Å². The Morgan fingerprint density at radius 3 is 2.29 bits per heavy atom. The summed E-state index contributed by atoms with van der Waals surface area (Å²) in [6, 6.07) is 9.76. The number of benzene rings is 1. The van der Waals surface area contributed by atoms with E-state index in [2.05, 4.69) is 11.8 Å². The Hall–Kier alpha value is -1.26. The van der Waals surface area contributed by atoms with Crippen LogP contribution in [0.25, 0.3) is 0 Å². The van der Waals surface area contributed by atoms with Gasteiger partial charge >= 0.3 is 0 Å². The Kier molecular flexibility index (Phi) is 1.90. The summed E-state index contributed by atoms with van der Waals surface area (Å²) >= 11 is 0. The highest BCUT2D eigenvalue weighted by atomic mass is 16.3. The van der Waals surface area contributed by atoms with Gasteiger partial charge in [0.15, 0.2) is 0 Å². The highest BCUT2D eigenvalue weighted by Gasteiger charge is 2.59. The van der Waals surface area contributed by atoms with Crippen LogP contribution in [-0.2, 0) is 0 Å². The van der Waals surface area contributed by atoms with Crippen molar-refractivity contribution < 1.29 is 5.11 Å². The summed E-state index contributed by atoms with van der Waals surface area (Å²) in [6.07, 6.45) is 0.778. The lowest BCUT2D eigenvalue weighted by Crippen LogP contribution is -2.12. The van der Waals surface area contributed by atoms with Crippen LogP contribution in [0.5, 0.6) is 0 Å². The first-order valence-electron chi connectivity index (χ1n) is 4.84. The lowest BCUT2D eigenvalue weighted by molar-refractivity contribution is 0.169. The van der Waals surface area contributed by atoms with Crippen molar-refractivity contribution in [2.24, 2.45) is 5.41 Å². The van der Waals surface area contributed by atoms with Crippen LogP contribution in [0, 0.1) is 17.3 Å². The minimum absolute atomic E-state index is 0.0330. The Balaban J connectivity index is 2.17. The monoisotopic (exact) mass is 186 g/mol. The molecule has 0 aliphatic heterocycles. The molecule has 1 aromatic carbocycles. The maximum absolute atomic E-state index is 9.94. The van der Waals surface area contributed by atoms with Crippen molar-refractivity contribution in [3.63, 3.8) is 0 Å². The number of rotatable bonds is 0. The normalized spacial score (nSPS) is 27.6. The number of aliphatic hydroxyl groups is 1. The van der Waals surface area contributed by atoms with Crippen molar-refractivity contribution in [3.05, 3.63) is 35.9 Å².